The molecule has 1 aromatic carbocycles. The first-order valence-corrected chi connectivity index (χ1v) is 9.15. The van der Waals surface area contributed by atoms with Crippen LogP contribution < -0.4 is 19.6 Å². The Hall–Kier alpha value is -2.95. The topological polar surface area (TPSA) is 132 Å². The summed E-state index contributed by atoms with van der Waals surface area (Å²) in [7, 11) is -2.33. The summed E-state index contributed by atoms with van der Waals surface area (Å²) >= 11 is 0. The number of urea groups is 1. The maximum Gasteiger partial charge on any atom is 0.326 e. The number of aromatic nitrogens is 3. The molecule has 3 rings (SSSR count). The Kier molecular flexibility index (Phi) is 4.64. The number of carbonyl (C=O) groups excluding carboxylic acids is 1. The number of amides is 2. The lowest BCUT2D eigenvalue weighted by Crippen LogP contribution is -2.31. The summed E-state index contributed by atoms with van der Waals surface area (Å²) < 4.78 is 34.0. The molecule has 2 heterocycles. The van der Waals surface area contributed by atoms with Crippen molar-refractivity contribution in [3.8, 4) is 11.8 Å². The number of nitrogens with one attached hydrogen (secondary N) is 2. The number of rotatable bonds is 3. The molecule has 2 aromatic rings. The molecule has 1 aliphatic rings. The number of fused-ring (bicyclic) bond motifs is 1. The van der Waals surface area contributed by atoms with Crippen LogP contribution in [0.1, 0.15) is 18.3 Å². The van der Waals surface area contributed by atoms with Crippen LogP contribution in [-0.2, 0) is 16.5 Å². The fraction of sp³-hybridized carbons (Fsp3) is 0.333. The van der Waals surface area contributed by atoms with Crippen molar-refractivity contribution in [1.82, 2.24) is 15.0 Å². The van der Waals surface area contributed by atoms with Gasteiger partial charge in [0.05, 0.1) is 18.0 Å². The second kappa shape index (κ2) is 6.75. The monoisotopic (exact) mass is 379 g/mol. The Labute approximate surface area is 150 Å². The number of aryl methyl sites for hydroxylation is 1. The summed E-state index contributed by atoms with van der Waals surface area (Å²) in [5.41, 5.74) is 0.927. The number of benzene rings is 1. The van der Waals surface area contributed by atoms with Gasteiger partial charge < -0.3 is 14.2 Å². The standard InChI is InChI=1S/C15H17N5O5S/c1-8-7-10-5-4-6-11(12(10)25-26(8,22)23)18-14(21)19-13-16-9(2)17-15(20-13)24-3/h4-6,8H,7H2,1-3H3,(H2,16,17,18,19,20,21). The molecule has 2 amide bonds. The third kappa shape index (κ3) is 3.67. The number of hydrogen-bond donors (Lipinski definition) is 2. The van der Waals surface area contributed by atoms with E-state index in [0.717, 1.165) is 0 Å². The largest absolute Gasteiger partial charge is 0.467 e. The van der Waals surface area contributed by atoms with Gasteiger partial charge in [0.25, 0.3) is 0 Å². The third-order valence-corrected chi connectivity index (χ3v) is 5.23. The molecule has 138 valence electrons. The lowest BCUT2D eigenvalue weighted by atomic mass is 10.1. The Morgan fingerprint density at radius 1 is 1.27 bits per heavy atom. The minimum atomic E-state index is -3.73. The first-order chi connectivity index (χ1) is 12.3. The van der Waals surface area contributed by atoms with Gasteiger partial charge in [-0.25, -0.2) is 4.79 Å². The number of nitrogens with zero attached hydrogens (tertiary/aromatic N) is 3. The van der Waals surface area contributed by atoms with Crippen LogP contribution in [0.2, 0.25) is 0 Å². The zero-order chi connectivity index (χ0) is 18.9. The van der Waals surface area contributed by atoms with Gasteiger partial charge in [0.1, 0.15) is 5.82 Å². The fourth-order valence-electron chi connectivity index (χ4n) is 2.41. The van der Waals surface area contributed by atoms with Crippen molar-refractivity contribution in [2.75, 3.05) is 17.7 Å². The highest BCUT2D eigenvalue weighted by Crippen LogP contribution is 2.36. The van der Waals surface area contributed by atoms with Crippen LogP contribution >= 0.6 is 0 Å². The lowest BCUT2D eigenvalue weighted by molar-refractivity contribution is 0.262. The molecular formula is C15H17N5O5S. The van der Waals surface area contributed by atoms with E-state index in [1.54, 1.807) is 32.0 Å². The molecule has 0 bridgehead atoms. The van der Waals surface area contributed by atoms with Crippen molar-refractivity contribution in [2.24, 2.45) is 0 Å². The molecule has 1 aromatic heterocycles. The lowest BCUT2D eigenvalue weighted by Gasteiger charge is -2.24. The molecule has 10 nitrogen and oxygen atoms in total. The Morgan fingerprint density at radius 3 is 2.77 bits per heavy atom. The number of ether oxygens (including phenoxy) is 1. The molecule has 1 unspecified atom stereocenters. The molecule has 1 atom stereocenters. The minimum Gasteiger partial charge on any atom is -0.467 e. The second-order valence-electron chi connectivity index (χ2n) is 5.66. The van der Waals surface area contributed by atoms with Gasteiger partial charge in [-0.05, 0) is 31.9 Å². The van der Waals surface area contributed by atoms with E-state index in [9.17, 15) is 13.2 Å². The van der Waals surface area contributed by atoms with E-state index >= 15 is 0 Å². The maximum atomic E-state index is 12.2. The zero-order valence-electron chi connectivity index (χ0n) is 14.3. The predicted molar refractivity (Wildman–Crippen MR) is 92.9 cm³/mol. The molecule has 1 aliphatic heterocycles. The average molecular weight is 379 g/mol. The van der Waals surface area contributed by atoms with E-state index in [4.69, 9.17) is 8.92 Å². The van der Waals surface area contributed by atoms with Crippen LogP contribution in [0.4, 0.5) is 16.4 Å². The van der Waals surface area contributed by atoms with Gasteiger partial charge in [-0.2, -0.15) is 23.4 Å². The highest BCUT2D eigenvalue weighted by molar-refractivity contribution is 7.87. The summed E-state index contributed by atoms with van der Waals surface area (Å²) in [4.78, 5) is 24.1. The summed E-state index contributed by atoms with van der Waals surface area (Å²) in [6.07, 6.45) is 0.304. The van der Waals surface area contributed by atoms with Crippen molar-refractivity contribution >= 4 is 27.8 Å². The number of carbonyl (C=O) groups is 1. The molecule has 11 heteroatoms. The van der Waals surface area contributed by atoms with Gasteiger partial charge in [-0.3, -0.25) is 5.32 Å². The fourth-order valence-corrected chi connectivity index (χ4v) is 3.39. The SMILES string of the molecule is COc1nc(C)nc(NC(=O)Nc2cccc3c2OS(=O)(=O)C(C)C3)n1. The smallest absolute Gasteiger partial charge is 0.326 e. The van der Waals surface area contributed by atoms with E-state index in [1.807, 2.05) is 0 Å². The molecule has 26 heavy (non-hydrogen) atoms. The van der Waals surface area contributed by atoms with Crippen molar-refractivity contribution in [2.45, 2.75) is 25.5 Å². The highest BCUT2D eigenvalue weighted by atomic mass is 32.2. The third-order valence-electron chi connectivity index (χ3n) is 3.68. The molecule has 0 saturated heterocycles. The minimum absolute atomic E-state index is 0.00110. The van der Waals surface area contributed by atoms with Gasteiger partial charge in [0.15, 0.2) is 5.75 Å². The van der Waals surface area contributed by atoms with Crippen LogP contribution in [0.3, 0.4) is 0 Å². The van der Waals surface area contributed by atoms with Crippen LogP contribution in [0.15, 0.2) is 18.2 Å². The molecule has 0 fully saturated rings. The van der Waals surface area contributed by atoms with E-state index in [-0.39, 0.29) is 23.4 Å². The number of para-hydroxylation sites is 1. The predicted octanol–water partition coefficient (Wildman–Crippen LogP) is 1.49. The van der Waals surface area contributed by atoms with Crippen molar-refractivity contribution in [1.29, 1.82) is 0 Å². The number of hydrogen-bond acceptors (Lipinski definition) is 8. The van der Waals surface area contributed by atoms with Gasteiger partial charge in [-0.1, -0.05) is 12.1 Å². The molecule has 0 spiro atoms. The summed E-state index contributed by atoms with van der Waals surface area (Å²) in [6.45, 7) is 3.20. The Morgan fingerprint density at radius 2 is 2.04 bits per heavy atom. The number of methoxy groups -OCH3 is 1. The molecular weight excluding hydrogens is 362 g/mol. The molecule has 2 N–H and O–H groups in total. The average Bonchev–Trinajstić information content (AvgIpc) is 2.56. The van der Waals surface area contributed by atoms with Gasteiger partial charge in [0.2, 0.25) is 5.95 Å². The van der Waals surface area contributed by atoms with Crippen LogP contribution in [0.5, 0.6) is 11.8 Å². The normalized spacial score (nSPS) is 17.6. The van der Waals surface area contributed by atoms with Gasteiger partial charge in [-0.15, -0.1) is 0 Å². The van der Waals surface area contributed by atoms with Crippen LogP contribution in [0.25, 0.3) is 0 Å². The maximum absolute atomic E-state index is 12.2. The van der Waals surface area contributed by atoms with E-state index in [0.29, 0.717) is 17.8 Å². The Bertz CT molecular complexity index is 963. The summed E-state index contributed by atoms with van der Waals surface area (Å²) in [6, 6.07) is 4.41. The van der Waals surface area contributed by atoms with E-state index in [1.165, 1.54) is 7.11 Å². The van der Waals surface area contributed by atoms with E-state index < -0.39 is 21.4 Å². The molecule has 0 saturated carbocycles. The first-order valence-electron chi connectivity index (χ1n) is 7.68. The number of anilines is 2. The summed E-state index contributed by atoms with van der Waals surface area (Å²) in [5.74, 6) is 0.483. The molecule has 0 aliphatic carbocycles. The quantitative estimate of drug-likeness (QED) is 0.767. The van der Waals surface area contributed by atoms with Crippen molar-refractivity contribution in [3.63, 3.8) is 0 Å². The summed E-state index contributed by atoms with van der Waals surface area (Å²) in [5, 5.41) is 4.34. The Balaban J connectivity index is 1.81. The van der Waals surface area contributed by atoms with Crippen molar-refractivity contribution < 1.29 is 22.1 Å². The molecule has 0 radical (unpaired) electrons. The van der Waals surface area contributed by atoms with Crippen molar-refractivity contribution in [3.05, 3.63) is 29.6 Å². The highest BCUT2D eigenvalue weighted by Gasteiger charge is 2.32. The van der Waals surface area contributed by atoms with Crippen LogP contribution in [0, 0.1) is 6.92 Å². The van der Waals surface area contributed by atoms with Crippen LogP contribution in [-0.4, -0.2) is 41.8 Å². The van der Waals surface area contributed by atoms with Gasteiger partial charge >= 0.3 is 22.2 Å². The zero-order valence-corrected chi connectivity index (χ0v) is 15.1. The second-order valence-corrected chi connectivity index (χ2v) is 7.61. The van der Waals surface area contributed by atoms with Gasteiger partial charge in [0, 0.05) is 0 Å². The van der Waals surface area contributed by atoms with E-state index in [2.05, 4.69) is 25.6 Å². The first kappa shape index (κ1) is 17.9.